The van der Waals surface area contributed by atoms with E-state index in [1.54, 1.807) is 11.3 Å². The molecule has 1 aliphatic rings. The monoisotopic (exact) mass is 437 g/mol. The SMILES string of the molecule is CN(C)C(CNC(=O)CN1CCN(Cc2nc3ccccc3s2)CC1)c1ccccc1. The van der Waals surface area contributed by atoms with Crippen LogP contribution in [0.25, 0.3) is 10.2 Å². The van der Waals surface area contributed by atoms with Crippen LogP contribution < -0.4 is 5.32 Å². The van der Waals surface area contributed by atoms with E-state index in [1.165, 1.54) is 15.3 Å². The quantitative estimate of drug-likeness (QED) is 0.587. The number of nitrogens with zero attached hydrogens (tertiary/aromatic N) is 4. The second-order valence-electron chi connectivity index (χ2n) is 8.32. The Morgan fingerprint density at radius 2 is 1.71 bits per heavy atom. The predicted molar refractivity (Wildman–Crippen MR) is 127 cm³/mol. The Kier molecular flexibility index (Phi) is 7.29. The van der Waals surface area contributed by atoms with Crippen LogP contribution in [0.4, 0.5) is 0 Å². The van der Waals surface area contributed by atoms with E-state index in [2.05, 4.69) is 64.4 Å². The average Bonchev–Trinajstić information content (AvgIpc) is 3.18. The van der Waals surface area contributed by atoms with Gasteiger partial charge in [0.1, 0.15) is 5.01 Å². The summed E-state index contributed by atoms with van der Waals surface area (Å²) >= 11 is 1.78. The first-order valence-corrected chi connectivity index (χ1v) is 11.7. The minimum absolute atomic E-state index is 0.0994. The second-order valence-corrected chi connectivity index (χ2v) is 9.44. The van der Waals surface area contributed by atoms with E-state index in [4.69, 9.17) is 4.98 Å². The number of para-hydroxylation sites is 1. The topological polar surface area (TPSA) is 51.7 Å². The molecule has 1 aliphatic heterocycles. The molecule has 7 heteroatoms. The number of carbonyl (C=O) groups is 1. The summed E-state index contributed by atoms with van der Waals surface area (Å²) in [7, 11) is 4.10. The van der Waals surface area contributed by atoms with Crippen LogP contribution >= 0.6 is 11.3 Å². The molecule has 2 heterocycles. The number of rotatable bonds is 8. The Morgan fingerprint density at radius 1 is 1.03 bits per heavy atom. The molecule has 1 atom stereocenters. The number of hydrogen-bond acceptors (Lipinski definition) is 6. The smallest absolute Gasteiger partial charge is 0.234 e. The van der Waals surface area contributed by atoms with Gasteiger partial charge in [-0.2, -0.15) is 0 Å². The van der Waals surface area contributed by atoms with Crippen molar-refractivity contribution in [1.29, 1.82) is 0 Å². The maximum Gasteiger partial charge on any atom is 0.234 e. The first-order valence-electron chi connectivity index (χ1n) is 10.9. The molecule has 31 heavy (non-hydrogen) atoms. The van der Waals surface area contributed by atoms with Gasteiger partial charge in [-0.1, -0.05) is 42.5 Å². The van der Waals surface area contributed by atoms with Crippen LogP contribution in [0.5, 0.6) is 0 Å². The molecule has 1 N–H and O–H groups in total. The van der Waals surface area contributed by atoms with Crippen molar-refractivity contribution < 1.29 is 4.79 Å². The number of carbonyl (C=O) groups excluding carboxylic acids is 1. The molecule has 0 spiro atoms. The molecule has 0 aliphatic carbocycles. The molecule has 1 fully saturated rings. The molecule has 1 saturated heterocycles. The van der Waals surface area contributed by atoms with E-state index in [0.29, 0.717) is 13.1 Å². The molecule has 3 aromatic rings. The number of nitrogens with one attached hydrogen (secondary N) is 1. The number of hydrogen-bond donors (Lipinski definition) is 1. The lowest BCUT2D eigenvalue weighted by Gasteiger charge is -2.34. The third-order valence-electron chi connectivity index (χ3n) is 5.83. The zero-order valence-corrected chi connectivity index (χ0v) is 19.1. The van der Waals surface area contributed by atoms with Gasteiger partial charge in [0.15, 0.2) is 0 Å². The van der Waals surface area contributed by atoms with Crippen LogP contribution in [-0.4, -0.2) is 79.0 Å². The van der Waals surface area contributed by atoms with Gasteiger partial charge in [0, 0.05) is 32.7 Å². The molecule has 0 radical (unpaired) electrons. The fourth-order valence-corrected chi connectivity index (χ4v) is 5.04. The van der Waals surface area contributed by atoms with Crippen LogP contribution in [-0.2, 0) is 11.3 Å². The summed E-state index contributed by atoms with van der Waals surface area (Å²) in [5.74, 6) is 0.0994. The van der Waals surface area contributed by atoms with E-state index in [-0.39, 0.29) is 11.9 Å². The Hall–Kier alpha value is -2.32. The summed E-state index contributed by atoms with van der Waals surface area (Å²) in [4.78, 5) is 24.1. The molecular weight excluding hydrogens is 406 g/mol. The highest BCUT2D eigenvalue weighted by atomic mass is 32.1. The second kappa shape index (κ2) is 10.3. The van der Waals surface area contributed by atoms with Crippen LogP contribution in [0.1, 0.15) is 16.6 Å². The van der Waals surface area contributed by atoms with Crippen LogP contribution in [0.15, 0.2) is 54.6 Å². The van der Waals surface area contributed by atoms with E-state index in [0.717, 1.165) is 38.2 Å². The number of thiazole rings is 1. The molecule has 4 rings (SSSR count). The van der Waals surface area contributed by atoms with Gasteiger partial charge in [-0.25, -0.2) is 4.98 Å². The maximum absolute atomic E-state index is 12.5. The molecule has 6 nitrogen and oxygen atoms in total. The number of fused-ring (bicyclic) bond motifs is 1. The van der Waals surface area contributed by atoms with E-state index >= 15 is 0 Å². The van der Waals surface area contributed by atoms with Crippen molar-refractivity contribution in [3.05, 3.63) is 65.2 Å². The van der Waals surface area contributed by atoms with Gasteiger partial charge >= 0.3 is 0 Å². The molecule has 0 bridgehead atoms. The van der Waals surface area contributed by atoms with Crippen LogP contribution in [0.3, 0.4) is 0 Å². The predicted octanol–water partition coefficient (Wildman–Crippen LogP) is 2.83. The largest absolute Gasteiger partial charge is 0.353 e. The van der Waals surface area contributed by atoms with Crippen LogP contribution in [0, 0.1) is 0 Å². The Morgan fingerprint density at radius 3 is 2.42 bits per heavy atom. The zero-order valence-electron chi connectivity index (χ0n) is 18.3. The lowest BCUT2D eigenvalue weighted by atomic mass is 10.1. The third kappa shape index (κ3) is 5.89. The number of benzene rings is 2. The summed E-state index contributed by atoms with van der Waals surface area (Å²) in [6, 6.07) is 18.8. The van der Waals surface area contributed by atoms with Crippen molar-refractivity contribution in [3.8, 4) is 0 Å². The van der Waals surface area contributed by atoms with Crippen molar-refractivity contribution in [2.24, 2.45) is 0 Å². The maximum atomic E-state index is 12.5. The molecular formula is C24H31N5OS. The van der Waals surface area contributed by atoms with Crippen molar-refractivity contribution in [2.45, 2.75) is 12.6 Å². The Balaban J connectivity index is 1.21. The number of likely N-dealkylation sites (N-methyl/N-ethyl adjacent to an activating group) is 1. The highest BCUT2D eigenvalue weighted by Crippen LogP contribution is 2.23. The molecule has 1 unspecified atom stereocenters. The van der Waals surface area contributed by atoms with Gasteiger partial charge in [-0.15, -0.1) is 11.3 Å². The van der Waals surface area contributed by atoms with Crippen molar-refractivity contribution >= 4 is 27.5 Å². The van der Waals surface area contributed by atoms with Gasteiger partial charge in [-0.3, -0.25) is 14.6 Å². The average molecular weight is 438 g/mol. The van der Waals surface area contributed by atoms with E-state index in [9.17, 15) is 4.79 Å². The van der Waals surface area contributed by atoms with Crippen molar-refractivity contribution in [2.75, 3.05) is 53.4 Å². The molecule has 164 valence electrons. The fraction of sp³-hybridized carbons (Fsp3) is 0.417. The zero-order chi connectivity index (χ0) is 21.6. The van der Waals surface area contributed by atoms with Gasteiger partial charge < -0.3 is 10.2 Å². The lowest BCUT2D eigenvalue weighted by Crippen LogP contribution is -2.49. The molecule has 0 saturated carbocycles. The summed E-state index contributed by atoms with van der Waals surface area (Å²) in [6.45, 7) is 5.72. The third-order valence-corrected chi connectivity index (χ3v) is 6.85. The van der Waals surface area contributed by atoms with Crippen molar-refractivity contribution in [3.63, 3.8) is 0 Å². The highest BCUT2D eigenvalue weighted by Gasteiger charge is 2.21. The van der Waals surface area contributed by atoms with Gasteiger partial charge in [0.25, 0.3) is 0 Å². The molecule has 1 amide bonds. The summed E-state index contributed by atoms with van der Waals surface area (Å²) in [6.07, 6.45) is 0. The fourth-order valence-electron chi connectivity index (χ4n) is 4.03. The van der Waals surface area contributed by atoms with E-state index in [1.807, 2.05) is 24.3 Å². The highest BCUT2D eigenvalue weighted by molar-refractivity contribution is 7.18. The Labute approximate surface area is 188 Å². The standard InChI is InChI=1S/C24H31N5OS/c1-27(2)21(19-8-4-3-5-9-19)16-25-23(30)17-28-12-14-29(15-13-28)18-24-26-20-10-6-7-11-22(20)31-24/h3-11,21H,12-18H2,1-2H3,(H,25,30). The normalized spacial score (nSPS) is 16.6. The first kappa shape index (κ1) is 21.9. The van der Waals surface area contributed by atoms with Crippen LogP contribution in [0.2, 0.25) is 0 Å². The summed E-state index contributed by atoms with van der Waals surface area (Å²) < 4.78 is 1.25. The Bertz CT molecular complexity index is 949. The molecule has 2 aromatic carbocycles. The van der Waals surface area contributed by atoms with Gasteiger partial charge in [-0.05, 0) is 31.8 Å². The minimum Gasteiger partial charge on any atom is -0.353 e. The van der Waals surface area contributed by atoms with Gasteiger partial charge in [0.05, 0.1) is 29.3 Å². The summed E-state index contributed by atoms with van der Waals surface area (Å²) in [5, 5.41) is 4.30. The number of aromatic nitrogens is 1. The summed E-state index contributed by atoms with van der Waals surface area (Å²) in [5.41, 5.74) is 2.31. The lowest BCUT2D eigenvalue weighted by molar-refractivity contribution is -0.122. The number of amides is 1. The van der Waals surface area contributed by atoms with Crippen molar-refractivity contribution in [1.82, 2.24) is 25.0 Å². The number of piperazine rings is 1. The van der Waals surface area contributed by atoms with E-state index < -0.39 is 0 Å². The molecule has 1 aromatic heterocycles. The first-order chi connectivity index (χ1) is 15.1. The minimum atomic E-state index is 0.0994. The van der Waals surface area contributed by atoms with Gasteiger partial charge in [0.2, 0.25) is 5.91 Å².